The Labute approximate surface area is 339 Å². The Kier molecular flexibility index (Phi) is 12.3. The SMILES string of the molecule is CCCCC1=NN(S(=O)(=O)c2ccc3ccccc3c2)CC1c1ccccc1F.CCCCC1=NN(S(=O)(=O)c2cccc3ccccc23)CC1c1ccccc1F. The predicted molar refractivity (Wildman–Crippen MR) is 228 cm³/mol. The van der Waals surface area contributed by atoms with Crippen molar-refractivity contribution in [2.45, 2.75) is 74.0 Å². The van der Waals surface area contributed by atoms with E-state index in [0.717, 1.165) is 62.1 Å². The lowest BCUT2D eigenvalue weighted by Gasteiger charge is -2.18. The van der Waals surface area contributed by atoms with E-state index < -0.39 is 20.0 Å². The maximum absolute atomic E-state index is 14.5. The number of benzene rings is 6. The average molecular weight is 821 g/mol. The molecule has 2 aliphatic rings. The molecule has 2 unspecified atom stereocenters. The van der Waals surface area contributed by atoms with E-state index in [9.17, 15) is 25.6 Å². The summed E-state index contributed by atoms with van der Waals surface area (Å²) in [6.07, 6.45) is 4.98. The van der Waals surface area contributed by atoms with Crippen LogP contribution in [0.2, 0.25) is 0 Å². The molecule has 0 radical (unpaired) electrons. The summed E-state index contributed by atoms with van der Waals surface area (Å²) in [7, 11) is -7.67. The third-order valence-electron chi connectivity index (χ3n) is 10.7. The molecule has 12 heteroatoms. The van der Waals surface area contributed by atoms with Gasteiger partial charge in [0.25, 0.3) is 20.0 Å². The number of nitrogens with zero attached hydrogens (tertiary/aromatic N) is 4. The highest BCUT2D eigenvalue weighted by Gasteiger charge is 2.38. The van der Waals surface area contributed by atoms with Gasteiger partial charge in [-0.1, -0.05) is 130 Å². The summed E-state index contributed by atoms with van der Waals surface area (Å²) < 4.78 is 84.7. The van der Waals surface area contributed by atoms with Crippen molar-refractivity contribution in [1.29, 1.82) is 0 Å². The van der Waals surface area contributed by atoms with Crippen molar-refractivity contribution < 1.29 is 25.6 Å². The molecule has 6 aromatic rings. The van der Waals surface area contributed by atoms with Crippen LogP contribution in [0.1, 0.15) is 75.3 Å². The summed E-state index contributed by atoms with van der Waals surface area (Å²) in [5.41, 5.74) is 2.44. The molecule has 0 amide bonds. The summed E-state index contributed by atoms with van der Waals surface area (Å²) in [6, 6.07) is 38.4. The first kappa shape index (κ1) is 40.7. The number of fused-ring (bicyclic) bond motifs is 2. The van der Waals surface area contributed by atoms with Crippen molar-refractivity contribution in [3.05, 3.63) is 156 Å². The zero-order valence-electron chi connectivity index (χ0n) is 32.5. The Hall–Kier alpha value is -5.46. The van der Waals surface area contributed by atoms with Gasteiger partial charge in [0, 0.05) is 28.6 Å². The van der Waals surface area contributed by atoms with Crippen LogP contribution in [0.3, 0.4) is 0 Å². The second-order valence-electron chi connectivity index (χ2n) is 14.5. The highest BCUT2D eigenvalue weighted by molar-refractivity contribution is 7.89. The first-order chi connectivity index (χ1) is 28.0. The molecule has 6 aromatic carbocycles. The van der Waals surface area contributed by atoms with E-state index in [-0.39, 0.29) is 46.4 Å². The van der Waals surface area contributed by atoms with Crippen molar-refractivity contribution in [2.24, 2.45) is 10.2 Å². The monoisotopic (exact) mass is 820 g/mol. The van der Waals surface area contributed by atoms with Crippen LogP contribution in [-0.2, 0) is 20.0 Å². The molecular formula is C46H46F2N4O4S2. The smallest absolute Gasteiger partial charge is 0.207 e. The van der Waals surface area contributed by atoms with Gasteiger partial charge in [-0.3, -0.25) is 0 Å². The second kappa shape index (κ2) is 17.6. The molecule has 0 fully saturated rings. The molecule has 2 aliphatic heterocycles. The lowest BCUT2D eigenvalue weighted by molar-refractivity contribution is 0.448. The van der Waals surface area contributed by atoms with Crippen molar-refractivity contribution in [3.63, 3.8) is 0 Å². The van der Waals surface area contributed by atoms with Crippen LogP contribution in [0.4, 0.5) is 8.78 Å². The first-order valence-corrected chi connectivity index (χ1v) is 22.6. The Morgan fingerprint density at radius 1 is 0.552 bits per heavy atom. The van der Waals surface area contributed by atoms with Crippen LogP contribution in [0.5, 0.6) is 0 Å². The summed E-state index contributed by atoms with van der Waals surface area (Å²) >= 11 is 0. The number of unbranched alkanes of at least 4 members (excludes halogenated alkanes) is 2. The second-order valence-corrected chi connectivity index (χ2v) is 18.2. The Bertz CT molecular complexity index is 2710. The van der Waals surface area contributed by atoms with Crippen molar-refractivity contribution in [2.75, 3.05) is 13.1 Å². The molecule has 2 atom stereocenters. The minimum atomic E-state index is -3.85. The van der Waals surface area contributed by atoms with Crippen LogP contribution >= 0.6 is 0 Å². The molecule has 0 N–H and O–H groups in total. The lowest BCUT2D eigenvalue weighted by Crippen LogP contribution is -2.26. The molecule has 0 saturated heterocycles. The molecule has 58 heavy (non-hydrogen) atoms. The van der Waals surface area contributed by atoms with Gasteiger partial charge in [-0.25, -0.2) is 8.78 Å². The topological polar surface area (TPSA) is 99.5 Å². The highest BCUT2D eigenvalue weighted by atomic mass is 32.2. The number of sulfonamides is 2. The average Bonchev–Trinajstić information content (AvgIpc) is 3.88. The van der Waals surface area contributed by atoms with Crippen molar-refractivity contribution in [3.8, 4) is 0 Å². The van der Waals surface area contributed by atoms with Crippen LogP contribution in [0.25, 0.3) is 21.5 Å². The van der Waals surface area contributed by atoms with Crippen molar-refractivity contribution in [1.82, 2.24) is 8.83 Å². The fourth-order valence-electron chi connectivity index (χ4n) is 7.55. The molecule has 300 valence electrons. The lowest BCUT2D eigenvalue weighted by atomic mass is 9.92. The van der Waals surface area contributed by atoms with Gasteiger partial charge in [-0.2, -0.15) is 35.9 Å². The quantitative estimate of drug-likeness (QED) is 0.123. The van der Waals surface area contributed by atoms with E-state index in [1.165, 1.54) is 12.1 Å². The standard InChI is InChI=1S/2C23H23FN2O2S/c1-2-3-14-22-20(19-12-6-7-13-21(19)24)16-26(25-22)29(27,28)23-15-8-10-17-9-4-5-11-18(17)23;1-2-3-12-23-21(20-10-6-7-11-22(20)24)16-26(25-23)29(27,28)19-14-13-17-8-4-5-9-18(17)15-19/h4-13,15,20H,2-3,14,16H2,1H3;4-11,13-15,21H,2-3,12,16H2,1H3. The van der Waals surface area contributed by atoms with Gasteiger partial charge < -0.3 is 0 Å². The molecule has 0 aromatic heterocycles. The zero-order chi connectivity index (χ0) is 40.9. The van der Waals surface area contributed by atoms with Gasteiger partial charge in [0.1, 0.15) is 11.6 Å². The van der Waals surface area contributed by atoms with E-state index in [4.69, 9.17) is 0 Å². The van der Waals surface area contributed by atoms with E-state index in [2.05, 4.69) is 24.1 Å². The maximum atomic E-state index is 14.5. The largest absolute Gasteiger partial charge is 0.279 e. The predicted octanol–water partition coefficient (Wildman–Crippen LogP) is 10.6. The fraction of sp³-hybridized carbons (Fsp3) is 0.261. The highest BCUT2D eigenvalue weighted by Crippen LogP contribution is 2.36. The first-order valence-electron chi connectivity index (χ1n) is 19.7. The van der Waals surface area contributed by atoms with Gasteiger partial charge in [0.2, 0.25) is 0 Å². The number of rotatable bonds is 12. The summed E-state index contributed by atoms with van der Waals surface area (Å²) in [6.45, 7) is 4.37. The van der Waals surface area contributed by atoms with E-state index in [1.54, 1.807) is 72.8 Å². The summed E-state index contributed by atoms with van der Waals surface area (Å²) in [5.74, 6) is -1.39. The van der Waals surface area contributed by atoms with Crippen LogP contribution < -0.4 is 0 Å². The third-order valence-corrected chi connectivity index (χ3v) is 14.0. The minimum absolute atomic E-state index is 0.117. The Balaban J connectivity index is 0.000000177. The van der Waals surface area contributed by atoms with E-state index >= 15 is 0 Å². The molecular weight excluding hydrogens is 775 g/mol. The van der Waals surface area contributed by atoms with Gasteiger partial charge in [0.15, 0.2) is 0 Å². The summed E-state index contributed by atoms with van der Waals surface area (Å²) in [4.78, 5) is 0.423. The van der Waals surface area contributed by atoms with Gasteiger partial charge in [0.05, 0.1) is 22.9 Å². The van der Waals surface area contributed by atoms with E-state index in [1.807, 2.05) is 48.5 Å². The Morgan fingerprint density at radius 2 is 1.03 bits per heavy atom. The van der Waals surface area contributed by atoms with E-state index in [0.29, 0.717) is 29.4 Å². The Morgan fingerprint density at radius 3 is 1.60 bits per heavy atom. The minimum Gasteiger partial charge on any atom is -0.207 e. The van der Waals surface area contributed by atoms with Crippen molar-refractivity contribution >= 4 is 53.0 Å². The van der Waals surface area contributed by atoms with Crippen LogP contribution in [-0.4, -0.2) is 50.2 Å². The number of hydrogen-bond donors (Lipinski definition) is 0. The normalized spacial score (nSPS) is 17.0. The van der Waals surface area contributed by atoms with Gasteiger partial charge in [-0.15, -0.1) is 0 Å². The molecule has 0 saturated carbocycles. The molecule has 8 nitrogen and oxygen atoms in total. The molecule has 0 aliphatic carbocycles. The number of halogens is 2. The zero-order valence-corrected chi connectivity index (χ0v) is 34.1. The molecule has 8 rings (SSSR count). The van der Waals surface area contributed by atoms with Gasteiger partial charge >= 0.3 is 0 Å². The molecule has 2 heterocycles. The van der Waals surface area contributed by atoms with Crippen LogP contribution in [0, 0.1) is 11.6 Å². The molecule has 0 spiro atoms. The fourth-order valence-corrected chi connectivity index (χ4v) is 10.4. The van der Waals surface area contributed by atoms with Gasteiger partial charge in [-0.05, 0) is 83.3 Å². The summed E-state index contributed by atoms with van der Waals surface area (Å²) in [5, 5.41) is 12.3. The number of hydrazone groups is 2. The third kappa shape index (κ3) is 8.40. The maximum Gasteiger partial charge on any atom is 0.279 e. The van der Waals surface area contributed by atoms with Crippen LogP contribution in [0.15, 0.2) is 153 Å². The molecule has 0 bridgehead atoms. The number of hydrogen-bond acceptors (Lipinski definition) is 6.